The van der Waals surface area contributed by atoms with E-state index in [0.29, 0.717) is 0 Å². The predicted molar refractivity (Wildman–Crippen MR) is 47.2 cm³/mol. The van der Waals surface area contributed by atoms with Gasteiger partial charge in [-0.15, -0.1) is 0 Å². The summed E-state index contributed by atoms with van der Waals surface area (Å²) in [4.78, 5) is 12.9. The van der Waals surface area contributed by atoms with Crippen LogP contribution in [-0.2, 0) is 10.3 Å². The second kappa shape index (κ2) is 5.37. The maximum Gasteiger partial charge on any atom is 1.00 e. The van der Waals surface area contributed by atoms with Crippen LogP contribution in [0.3, 0.4) is 0 Å². The maximum absolute atomic E-state index is 10.3. The molecule has 0 fully saturated rings. The molecule has 1 aromatic rings. The molecule has 0 unspecified atom stereocenters. The molecule has 10 heteroatoms. The van der Waals surface area contributed by atoms with Crippen molar-refractivity contribution in [2.24, 2.45) is 0 Å². The van der Waals surface area contributed by atoms with E-state index in [1.54, 1.807) is 4.72 Å². The molecule has 1 heterocycles. The first kappa shape index (κ1) is 14.3. The van der Waals surface area contributed by atoms with E-state index < -0.39 is 15.2 Å². The average Bonchev–Trinajstić information content (AvgIpc) is 2.02. The van der Waals surface area contributed by atoms with E-state index in [0.717, 1.165) is 18.3 Å². The molecule has 0 aromatic carbocycles. The maximum atomic E-state index is 10.3. The average molecular weight is 243 g/mol. The van der Waals surface area contributed by atoms with Crippen LogP contribution in [0.1, 0.15) is 1.43 Å². The molecule has 0 spiro atoms. The summed E-state index contributed by atoms with van der Waals surface area (Å²) in [5.41, 5.74) is -0.272. The van der Waals surface area contributed by atoms with Crippen molar-refractivity contribution in [2.75, 3.05) is 4.72 Å². The number of hydrogen-bond acceptors (Lipinski definition) is 5. The van der Waals surface area contributed by atoms with Crippen molar-refractivity contribution >= 4 is 21.8 Å². The summed E-state index contributed by atoms with van der Waals surface area (Å²) in [6.45, 7) is 0. The van der Waals surface area contributed by atoms with Crippen LogP contribution in [0.25, 0.3) is 0 Å². The van der Waals surface area contributed by atoms with Gasteiger partial charge in [-0.05, 0) is 6.07 Å². The Balaban J connectivity index is 0. The van der Waals surface area contributed by atoms with E-state index in [2.05, 4.69) is 4.98 Å². The molecule has 0 saturated heterocycles. The number of nitrogens with one attached hydrogen (secondary N) is 1. The first-order valence-corrected chi connectivity index (χ1v) is 4.68. The van der Waals surface area contributed by atoms with E-state index in [-0.39, 0.29) is 42.5 Å². The third-order valence-corrected chi connectivity index (χ3v) is 1.66. The van der Waals surface area contributed by atoms with Gasteiger partial charge >= 0.3 is 39.9 Å². The van der Waals surface area contributed by atoms with Crippen LogP contribution < -0.4 is 34.3 Å². The fraction of sp³-hybridized carbons (Fsp3) is 0. The van der Waals surface area contributed by atoms with Crippen LogP contribution >= 0.6 is 0 Å². The van der Waals surface area contributed by atoms with Crippen LogP contribution in [0, 0.1) is 10.1 Å². The normalized spacial score (nSPS) is 10.2. The second-order valence-electron chi connectivity index (χ2n) is 2.24. The first-order valence-electron chi connectivity index (χ1n) is 3.24. The number of nitrogens with zero attached hydrogens (tertiary/aromatic N) is 2. The summed E-state index contributed by atoms with van der Waals surface area (Å²) in [6.07, 6.45) is 0.869. The zero-order chi connectivity index (χ0) is 10.8. The van der Waals surface area contributed by atoms with E-state index in [9.17, 15) is 18.5 Å². The van der Waals surface area contributed by atoms with Gasteiger partial charge in [0.25, 0.3) is 5.69 Å². The third-order valence-electron chi connectivity index (χ3n) is 1.19. The number of nitro groups is 1. The first-order chi connectivity index (χ1) is 6.38. The standard InChI is InChI=1S/C5H5N3O5S.Na.H/c9-8(10)4-1-2-5(6-3-4)7-14(11,12)13;;/h1-3H,(H,6,7)(H,11,12,13);;/q;+1;-1. The molecular weight excluding hydrogens is 237 g/mol. The second-order valence-corrected chi connectivity index (χ2v) is 3.39. The monoisotopic (exact) mass is 243 g/mol. The Morgan fingerprint density at radius 1 is 1.53 bits per heavy atom. The fourth-order valence-corrected chi connectivity index (χ4v) is 1.07. The van der Waals surface area contributed by atoms with Gasteiger partial charge in [0, 0.05) is 6.07 Å². The Morgan fingerprint density at radius 3 is 2.47 bits per heavy atom. The van der Waals surface area contributed by atoms with Gasteiger partial charge < -0.3 is 1.43 Å². The van der Waals surface area contributed by atoms with Gasteiger partial charge in [0.2, 0.25) is 0 Å². The molecule has 0 aliphatic rings. The molecule has 1 rings (SSSR count). The van der Waals surface area contributed by atoms with Gasteiger partial charge in [-0.2, -0.15) is 8.42 Å². The summed E-state index contributed by atoms with van der Waals surface area (Å²) in [5.74, 6) is -0.196. The Morgan fingerprint density at radius 2 is 2.13 bits per heavy atom. The molecule has 78 valence electrons. The Bertz CT molecular complexity index is 450. The van der Waals surface area contributed by atoms with Crippen molar-refractivity contribution in [1.82, 2.24) is 4.98 Å². The third kappa shape index (κ3) is 5.04. The summed E-state index contributed by atoms with van der Waals surface area (Å²) in [6, 6.07) is 2.12. The van der Waals surface area contributed by atoms with Crippen LogP contribution in [0.2, 0.25) is 0 Å². The van der Waals surface area contributed by atoms with E-state index in [1.165, 1.54) is 0 Å². The molecular formula is C5H6N3NaO5S. The SMILES string of the molecule is O=[N+]([O-])c1ccc(NS(=O)(=O)O)nc1.[H-].[Na+]. The van der Waals surface area contributed by atoms with Crippen molar-refractivity contribution in [1.29, 1.82) is 0 Å². The topological polar surface area (TPSA) is 122 Å². The van der Waals surface area contributed by atoms with Gasteiger partial charge in [0.1, 0.15) is 12.0 Å². The molecule has 0 aliphatic heterocycles. The molecule has 0 bridgehead atoms. The van der Waals surface area contributed by atoms with Crippen molar-refractivity contribution in [2.45, 2.75) is 0 Å². The minimum Gasteiger partial charge on any atom is -1.00 e. The van der Waals surface area contributed by atoms with E-state index in [1.807, 2.05) is 0 Å². The Labute approximate surface area is 109 Å². The van der Waals surface area contributed by atoms with Crippen LogP contribution in [0.15, 0.2) is 18.3 Å². The molecule has 0 atom stereocenters. The number of hydrogen-bond donors (Lipinski definition) is 2. The predicted octanol–water partition coefficient (Wildman–Crippen LogP) is -2.68. The van der Waals surface area contributed by atoms with Crippen molar-refractivity contribution in [3.05, 3.63) is 28.4 Å². The summed E-state index contributed by atoms with van der Waals surface area (Å²) >= 11 is 0. The Hall–Kier alpha value is -0.740. The minimum absolute atomic E-state index is 0. The van der Waals surface area contributed by atoms with E-state index >= 15 is 0 Å². The number of rotatable bonds is 3. The molecule has 0 saturated carbocycles. The van der Waals surface area contributed by atoms with E-state index in [4.69, 9.17) is 4.55 Å². The molecule has 1 aromatic heterocycles. The van der Waals surface area contributed by atoms with Crippen LogP contribution in [0.5, 0.6) is 0 Å². The van der Waals surface area contributed by atoms with Gasteiger partial charge in [0.05, 0.1) is 4.92 Å². The zero-order valence-electron chi connectivity index (χ0n) is 8.61. The molecule has 0 aliphatic carbocycles. The smallest absolute Gasteiger partial charge is 1.00 e. The van der Waals surface area contributed by atoms with Crippen molar-refractivity contribution in [3.8, 4) is 0 Å². The van der Waals surface area contributed by atoms with Crippen molar-refractivity contribution in [3.63, 3.8) is 0 Å². The fourth-order valence-electron chi connectivity index (χ4n) is 0.687. The molecule has 2 N–H and O–H groups in total. The molecule has 0 radical (unpaired) electrons. The van der Waals surface area contributed by atoms with Crippen LogP contribution in [0.4, 0.5) is 11.5 Å². The number of pyridine rings is 1. The molecule has 15 heavy (non-hydrogen) atoms. The summed E-state index contributed by atoms with van der Waals surface area (Å²) < 4.78 is 30.6. The number of anilines is 1. The van der Waals surface area contributed by atoms with Crippen molar-refractivity contribution < 1.29 is 48.9 Å². The van der Waals surface area contributed by atoms with Gasteiger partial charge in [-0.3, -0.25) is 14.7 Å². The summed E-state index contributed by atoms with van der Waals surface area (Å²) in [7, 11) is -4.39. The largest absolute Gasteiger partial charge is 1.00 e. The van der Waals surface area contributed by atoms with Gasteiger partial charge in [-0.25, -0.2) is 9.71 Å². The van der Waals surface area contributed by atoms with Crippen LogP contribution in [-0.4, -0.2) is 22.9 Å². The van der Waals surface area contributed by atoms with Gasteiger partial charge in [-0.1, -0.05) is 0 Å². The summed E-state index contributed by atoms with van der Waals surface area (Å²) in [5, 5.41) is 10.2. The molecule has 8 nitrogen and oxygen atoms in total. The number of aromatic nitrogens is 1. The Kier molecular flexibility index (Phi) is 5.11. The zero-order valence-corrected chi connectivity index (χ0v) is 10.4. The minimum atomic E-state index is -4.39. The molecule has 0 amide bonds. The quantitative estimate of drug-likeness (QED) is 0.258. The van der Waals surface area contributed by atoms with Gasteiger partial charge in [0.15, 0.2) is 0 Å².